The fourth-order valence-corrected chi connectivity index (χ4v) is 9.45. The number of carbonyl (C=O) groups excluding carboxylic acids is 2. The van der Waals surface area contributed by atoms with Crippen molar-refractivity contribution in [1.29, 1.82) is 0 Å². The van der Waals surface area contributed by atoms with Crippen molar-refractivity contribution in [3.8, 4) is 0 Å². The van der Waals surface area contributed by atoms with Crippen LogP contribution in [0.5, 0.6) is 0 Å². The summed E-state index contributed by atoms with van der Waals surface area (Å²) in [5.74, 6) is -1.23. The number of hydrogen-bond donors (Lipinski definition) is 1. The number of benzene rings is 3. The molecule has 270 valence electrons. The normalized spacial score (nSPS) is 21.0. The maximum absolute atomic E-state index is 14.9. The summed E-state index contributed by atoms with van der Waals surface area (Å²) in [6.45, 7) is 13.6. The molecule has 1 saturated heterocycles. The fourth-order valence-electron chi connectivity index (χ4n) is 7.56. The highest BCUT2D eigenvalue weighted by Gasteiger charge is 2.60. The number of amides is 2. The first kappa shape index (κ1) is 38.1. The summed E-state index contributed by atoms with van der Waals surface area (Å²) in [6, 6.07) is 22.3. The lowest BCUT2D eigenvalue weighted by molar-refractivity contribution is -0.958. The SMILES string of the molecule is CC(C)(O[Si](C)(C)C)C1CC(C(=O)NC(c2ccccc2)c2ccc(C[N+]3(C)CCC3)cc2)(N(Cc2ccc(C(F)(F)F)cc2)C(=O)CCl)C1. The van der Waals surface area contributed by atoms with E-state index in [1.165, 1.54) is 29.0 Å². The van der Waals surface area contributed by atoms with Crippen LogP contribution >= 0.6 is 11.6 Å². The Morgan fingerprint density at radius 1 is 0.940 bits per heavy atom. The van der Waals surface area contributed by atoms with Crippen LogP contribution < -0.4 is 5.32 Å². The lowest BCUT2D eigenvalue weighted by atomic mass is 9.60. The van der Waals surface area contributed by atoms with Crippen LogP contribution in [0.15, 0.2) is 78.9 Å². The summed E-state index contributed by atoms with van der Waals surface area (Å²) in [5.41, 5.74) is 0.847. The minimum atomic E-state index is -4.49. The van der Waals surface area contributed by atoms with Gasteiger partial charge in [0.2, 0.25) is 11.8 Å². The predicted octanol–water partition coefficient (Wildman–Crippen LogP) is 8.31. The van der Waals surface area contributed by atoms with Gasteiger partial charge in [-0.05, 0) is 81.1 Å². The molecule has 1 unspecified atom stereocenters. The van der Waals surface area contributed by atoms with E-state index in [0.29, 0.717) is 18.4 Å². The van der Waals surface area contributed by atoms with E-state index in [9.17, 15) is 22.8 Å². The zero-order chi connectivity index (χ0) is 36.5. The molecule has 1 saturated carbocycles. The Balaban J connectivity index is 1.50. The molecule has 3 aromatic carbocycles. The number of rotatable bonds is 13. The Morgan fingerprint density at radius 3 is 2.00 bits per heavy atom. The second-order valence-corrected chi connectivity index (χ2v) is 20.6. The number of quaternary nitrogens is 1. The average molecular weight is 729 g/mol. The van der Waals surface area contributed by atoms with Gasteiger partial charge >= 0.3 is 6.18 Å². The lowest BCUT2D eigenvalue weighted by Gasteiger charge is -2.57. The summed E-state index contributed by atoms with van der Waals surface area (Å²) in [4.78, 5) is 30.0. The molecule has 50 heavy (non-hydrogen) atoms. The van der Waals surface area contributed by atoms with Crippen molar-refractivity contribution in [1.82, 2.24) is 10.2 Å². The molecule has 1 aliphatic carbocycles. The minimum absolute atomic E-state index is 0.0568. The zero-order valence-electron chi connectivity index (χ0n) is 29.9. The van der Waals surface area contributed by atoms with Crippen LogP contribution in [0.4, 0.5) is 13.2 Å². The molecule has 6 nitrogen and oxygen atoms in total. The van der Waals surface area contributed by atoms with Gasteiger partial charge in [-0.2, -0.15) is 13.2 Å². The van der Waals surface area contributed by atoms with Crippen molar-refractivity contribution in [3.05, 3.63) is 107 Å². The highest BCUT2D eigenvalue weighted by molar-refractivity contribution is 6.69. The highest BCUT2D eigenvalue weighted by atomic mass is 35.5. The molecule has 11 heteroatoms. The summed E-state index contributed by atoms with van der Waals surface area (Å²) < 4.78 is 47.7. The second-order valence-electron chi connectivity index (χ2n) is 15.9. The van der Waals surface area contributed by atoms with Gasteiger partial charge < -0.3 is 19.1 Å². The Hall–Kier alpha value is -3.18. The fraction of sp³-hybridized carbons (Fsp3) is 0.487. The quantitative estimate of drug-likeness (QED) is 0.110. The molecule has 1 atom stereocenters. The molecule has 1 aliphatic heterocycles. The number of hydrogen-bond acceptors (Lipinski definition) is 3. The second kappa shape index (κ2) is 14.4. The highest BCUT2D eigenvalue weighted by Crippen LogP contribution is 2.50. The monoisotopic (exact) mass is 728 g/mol. The number of nitrogens with one attached hydrogen (secondary N) is 1. The van der Waals surface area contributed by atoms with Crippen molar-refractivity contribution in [3.63, 3.8) is 0 Å². The van der Waals surface area contributed by atoms with Gasteiger partial charge in [0.15, 0.2) is 8.32 Å². The van der Waals surface area contributed by atoms with Crippen molar-refractivity contribution in [2.24, 2.45) is 5.92 Å². The number of carbonyl (C=O) groups is 2. The molecule has 2 amide bonds. The van der Waals surface area contributed by atoms with Gasteiger partial charge in [0.1, 0.15) is 18.0 Å². The van der Waals surface area contributed by atoms with Gasteiger partial charge in [0.25, 0.3) is 0 Å². The first-order valence-electron chi connectivity index (χ1n) is 17.4. The largest absolute Gasteiger partial charge is 0.416 e. The maximum Gasteiger partial charge on any atom is 0.416 e. The molecular weight excluding hydrogens is 679 g/mol. The van der Waals surface area contributed by atoms with E-state index in [4.69, 9.17) is 16.0 Å². The Kier molecular flexibility index (Phi) is 11.0. The van der Waals surface area contributed by atoms with Crippen molar-refractivity contribution in [2.45, 2.75) is 89.2 Å². The molecular formula is C39H50ClF3N3O3Si+. The van der Waals surface area contributed by atoms with Crippen LogP contribution in [0.25, 0.3) is 0 Å². The van der Waals surface area contributed by atoms with Crippen LogP contribution in [0.2, 0.25) is 19.6 Å². The van der Waals surface area contributed by atoms with Crippen molar-refractivity contribution in [2.75, 3.05) is 26.0 Å². The van der Waals surface area contributed by atoms with Crippen LogP contribution in [0.1, 0.15) is 67.0 Å². The summed E-state index contributed by atoms with van der Waals surface area (Å²) >= 11 is 6.18. The minimum Gasteiger partial charge on any atom is -0.412 e. The van der Waals surface area contributed by atoms with Gasteiger partial charge in [-0.1, -0.05) is 66.7 Å². The van der Waals surface area contributed by atoms with Gasteiger partial charge in [-0.15, -0.1) is 11.6 Å². The summed E-state index contributed by atoms with van der Waals surface area (Å²) in [6.07, 6.45) is -2.62. The third kappa shape index (κ3) is 8.64. The van der Waals surface area contributed by atoms with E-state index in [-0.39, 0.29) is 24.2 Å². The maximum atomic E-state index is 14.9. The zero-order valence-corrected chi connectivity index (χ0v) is 31.7. The topological polar surface area (TPSA) is 58.6 Å². The standard InChI is InChI=1S/C39H49ClF3N3O3Si/c1-37(2,49-50(4,5)6)33-23-38(24-33,45(34(47)25-40)26-28-15-19-32(20-16-28)39(41,42)43)36(48)44-35(30-11-8-7-9-12-30)31-17-13-29(14-18-31)27-46(3)21-10-22-46/h7-9,11-20,33,35H,10,21-27H2,1-6H3/p+1. The van der Waals surface area contributed by atoms with Crippen molar-refractivity contribution < 1.29 is 31.7 Å². The molecule has 0 spiro atoms. The van der Waals surface area contributed by atoms with Crippen LogP contribution in [-0.4, -0.2) is 66.7 Å². The third-order valence-electron chi connectivity index (χ3n) is 10.4. The number of likely N-dealkylation sites (tertiary alicyclic amines) is 1. The van der Waals surface area contributed by atoms with Gasteiger partial charge in [-0.3, -0.25) is 9.59 Å². The van der Waals surface area contributed by atoms with E-state index >= 15 is 0 Å². The van der Waals surface area contributed by atoms with Crippen molar-refractivity contribution >= 4 is 31.7 Å². The summed E-state index contributed by atoms with van der Waals surface area (Å²) in [5, 5.41) is 3.32. The number of nitrogens with zero attached hydrogens (tertiary/aromatic N) is 2. The smallest absolute Gasteiger partial charge is 0.412 e. The molecule has 1 heterocycles. The van der Waals surface area contributed by atoms with Gasteiger partial charge in [-0.25, -0.2) is 0 Å². The molecule has 2 aliphatic rings. The molecule has 5 rings (SSSR count). The van der Waals surface area contributed by atoms with Gasteiger partial charge in [0, 0.05) is 18.5 Å². The Bertz CT molecular complexity index is 1630. The van der Waals surface area contributed by atoms with Crippen LogP contribution in [0, 0.1) is 5.92 Å². The van der Waals surface area contributed by atoms with E-state index in [1.54, 1.807) is 0 Å². The molecule has 2 fully saturated rings. The van der Waals surface area contributed by atoms with Crippen LogP contribution in [-0.2, 0) is 33.3 Å². The third-order valence-corrected chi connectivity index (χ3v) is 11.7. The van der Waals surface area contributed by atoms with E-state index in [0.717, 1.165) is 47.4 Å². The van der Waals surface area contributed by atoms with Crippen LogP contribution in [0.3, 0.4) is 0 Å². The predicted molar refractivity (Wildman–Crippen MR) is 194 cm³/mol. The first-order chi connectivity index (χ1) is 23.3. The molecule has 1 N–H and O–H groups in total. The average Bonchev–Trinajstić information content (AvgIpc) is 3.01. The van der Waals surface area contributed by atoms with E-state index in [2.05, 4.69) is 56.3 Å². The number of alkyl halides is 4. The molecule has 0 radical (unpaired) electrons. The molecule has 3 aromatic rings. The Morgan fingerprint density at radius 2 is 1.50 bits per heavy atom. The van der Waals surface area contributed by atoms with Gasteiger partial charge in [0.05, 0.1) is 37.3 Å². The summed E-state index contributed by atoms with van der Waals surface area (Å²) in [7, 11) is 0.291. The Labute approximate surface area is 300 Å². The lowest BCUT2D eigenvalue weighted by Crippen LogP contribution is -2.70. The molecule has 0 bridgehead atoms. The molecule has 0 aromatic heterocycles. The first-order valence-corrected chi connectivity index (χ1v) is 21.3. The van der Waals surface area contributed by atoms with E-state index in [1.807, 2.05) is 44.2 Å². The number of halogens is 4. The van der Waals surface area contributed by atoms with E-state index < -0.39 is 43.1 Å².